The molecule has 1 N–H and O–H groups in total. The quantitative estimate of drug-likeness (QED) is 0.116. The fourth-order valence-corrected chi connectivity index (χ4v) is 9.52. The molecule has 54 heavy (non-hydrogen) atoms. The minimum atomic E-state index is -1.37. The number of alkyl halides is 1. The number of anilines is 2. The molecule has 5 rings (SSSR count). The molecule has 3 heterocycles. The number of carbonyl (C=O) groups is 4. The van der Waals surface area contributed by atoms with E-state index in [0.29, 0.717) is 30.5 Å². The van der Waals surface area contributed by atoms with Crippen LogP contribution in [0.2, 0.25) is 0 Å². The van der Waals surface area contributed by atoms with Crippen LogP contribution in [0.3, 0.4) is 0 Å². The highest BCUT2D eigenvalue weighted by atomic mass is 79.9. The minimum absolute atomic E-state index is 0.119. The zero-order chi connectivity index (χ0) is 39.3. The monoisotopic (exact) mass is 806 g/mol. The van der Waals surface area contributed by atoms with Crippen molar-refractivity contribution in [2.24, 2.45) is 11.8 Å². The van der Waals surface area contributed by atoms with E-state index in [4.69, 9.17) is 9.47 Å². The van der Waals surface area contributed by atoms with Gasteiger partial charge in [0.25, 0.3) is 5.91 Å². The Bertz CT molecular complexity index is 1670. The van der Waals surface area contributed by atoms with Crippen molar-refractivity contribution in [3.05, 3.63) is 85.5 Å². The van der Waals surface area contributed by atoms with E-state index in [0.717, 1.165) is 18.8 Å². The molecule has 12 heteroatoms. The first-order chi connectivity index (χ1) is 25.9. The van der Waals surface area contributed by atoms with Crippen molar-refractivity contribution in [1.82, 2.24) is 9.80 Å². The Balaban J connectivity index is 1.53. The van der Waals surface area contributed by atoms with Gasteiger partial charge in [-0.25, -0.2) is 0 Å². The first-order valence-corrected chi connectivity index (χ1v) is 20.0. The van der Waals surface area contributed by atoms with Crippen molar-refractivity contribution in [2.75, 3.05) is 43.1 Å². The fourth-order valence-electron chi connectivity index (χ4n) is 8.58. The first kappa shape index (κ1) is 41.2. The van der Waals surface area contributed by atoms with Crippen molar-refractivity contribution in [3.8, 4) is 0 Å². The largest absolute Gasteiger partial charge is 0.455 e. The number of amides is 3. The summed E-state index contributed by atoms with van der Waals surface area (Å²) < 4.78 is 13.2. The molecule has 1 unspecified atom stereocenters. The number of aliphatic hydroxyl groups excluding tert-OH is 1. The average molecular weight is 808 g/mol. The first-order valence-electron chi connectivity index (χ1n) is 19.1. The van der Waals surface area contributed by atoms with Crippen LogP contribution in [0.5, 0.6) is 0 Å². The van der Waals surface area contributed by atoms with Gasteiger partial charge in [0.1, 0.15) is 17.7 Å². The van der Waals surface area contributed by atoms with Crippen LogP contribution < -0.4 is 9.80 Å². The van der Waals surface area contributed by atoms with E-state index < -0.39 is 59.6 Å². The Kier molecular flexibility index (Phi) is 13.4. The molecule has 3 amide bonds. The standard InChI is InChI=1S/C42H55BrN4O7/c1-8-13-19-33(49)44(7)27(6)36(28-17-15-14-16-18-28)53-41(52)34-35-39(50)47(29(10-3)26-48)38(42(35)25-32(43)37(34)54-42)40(51)46(24-9-2)31-22-20-30(21-23-31)45(11-4)12-5/h8-9,14-18,20-23,27,29,32,34-38,48H,1-2,10-13,19,24-26H2,3-7H3/t27-,29+,32?,34+,35-,36+,37+,38+,42-/m1/s1. The summed E-state index contributed by atoms with van der Waals surface area (Å²) in [4.78, 5) is 64.1. The molecule has 3 aliphatic heterocycles. The summed E-state index contributed by atoms with van der Waals surface area (Å²) in [7, 11) is 1.69. The van der Waals surface area contributed by atoms with E-state index in [9.17, 15) is 19.5 Å². The number of carbonyl (C=O) groups excluding carboxylic acids is 4. The van der Waals surface area contributed by atoms with Gasteiger partial charge in [-0.15, -0.1) is 13.2 Å². The number of benzene rings is 2. The minimum Gasteiger partial charge on any atom is -0.455 e. The number of nitrogens with zero attached hydrogens (tertiary/aromatic N) is 4. The third kappa shape index (κ3) is 7.49. The summed E-state index contributed by atoms with van der Waals surface area (Å²) in [5, 5.41) is 10.6. The lowest BCUT2D eigenvalue weighted by Gasteiger charge is -2.39. The van der Waals surface area contributed by atoms with E-state index >= 15 is 4.79 Å². The van der Waals surface area contributed by atoms with Gasteiger partial charge in [0, 0.05) is 49.3 Å². The van der Waals surface area contributed by atoms with Gasteiger partial charge in [0.15, 0.2) is 0 Å². The predicted octanol–water partition coefficient (Wildman–Crippen LogP) is 5.67. The Morgan fingerprint density at radius 1 is 1.06 bits per heavy atom. The third-order valence-electron chi connectivity index (χ3n) is 11.6. The van der Waals surface area contributed by atoms with E-state index in [-0.39, 0.29) is 36.2 Å². The smallest absolute Gasteiger partial charge is 0.313 e. The zero-order valence-electron chi connectivity index (χ0n) is 32.1. The summed E-state index contributed by atoms with van der Waals surface area (Å²) in [6, 6.07) is 14.6. The average Bonchev–Trinajstić information content (AvgIpc) is 3.79. The number of fused-ring (bicyclic) bond motifs is 1. The molecular weight excluding hydrogens is 752 g/mol. The highest BCUT2D eigenvalue weighted by Crippen LogP contribution is 2.61. The van der Waals surface area contributed by atoms with Crippen LogP contribution in [0, 0.1) is 11.8 Å². The topological polar surface area (TPSA) is 120 Å². The van der Waals surface area contributed by atoms with Crippen LogP contribution >= 0.6 is 15.9 Å². The maximum atomic E-state index is 15.1. The van der Waals surface area contributed by atoms with Gasteiger partial charge in [-0.1, -0.05) is 65.3 Å². The summed E-state index contributed by atoms with van der Waals surface area (Å²) in [5.41, 5.74) is 0.979. The van der Waals surface area contributed by atoms with Crippen LogP contribution in [-0.4, -0.2) is 107 Å². The second-order valence-corrected chi connectivity index (χ2v) is 15.6. The van der Waals surface area contributed by atoms with Crippen LogP contribution in [0.25, 0.3) is 0 Å². The molecule has 9 atom stereocenters. The molecule has 2 aromatic rings. The normalized spacial score (nSPS) is 25.7. The summed E-state index contributed by atoms with van der Waals surface area (Å²) >= 11 is 3.76. The van der Waals surface area contributed by atoms with E-state index in [2.05, 4.69) is 47.8 Å². The number of ether oxygens (including phenoxy) is 2. The highest BCUT2D eigenvalue weighted by molar-refractivity contribution is 9.09. The molecule has 1 spiro atoms. The Labute approximate surface area is 328 Å². The number of likely N-dealkylation sites (tertiary alicyclic amines) is 1. The molecule has 3 saturated heterocycles. The van der Waals surface area contributed by atoms with Gasteiger partial charge in [0.2, 0.25) is 11.8 Å². The lowest BCUT2D eigenvalue weighted by Crippen LogP contribution is -2.59. The van der Waals surface area contributed by atoms with Crippen molar-refractivity contribution in [1.29, 1.82) is 0 Å². The number of likely N-dealkylation sites (N-methyl/N-ethyl adjacent to an activating group) is 1. The highest BCUT2D eigenvalue weighted by Gasteiger charge is 2.77. The van der Waals surface area contributed by atoms with Gasteiger partial charge in [-0.05, 0) is 69.9 Å². The Morgan fingerprint density at radius 3 is 2.28 bits per heavy atom. The molecule has 3 aliphatic rings. The molecule has 0 radical (unpaired) electrons. The summed E-state index contributed by atoms with van der Waals surface area (Å²) in [5.74, 6) is -3.64. The number of halogens is 1. The summed E-state index contributed by atoms with van der Waals surface area (Å²) in [6.07, 6.45) is 3.18. The molecule has 292 valence electrons. The van der Waals surface area contributed by atoms with E-state index in [1.807, 2.05) is 68.4 Å². The number of rotatable bonds is 18. The van der Waals surface area contributed by atoms with Gasteiger partial charge >= 0.3 is 5.97 Å². The number of hydrogen-bond donors (Lipinski definition) is 1. The number of hydrogen-bond acceptors (Lipinski definition) is 8. The maximum Gasteiger partial charge on any atom is 0.313 e. The molecule has 11 nitrogen and oxygen atoms in total. The molecule has 0 aromatic heterocycles. The number of aliphatic hydroxyl groups is 1. The van der Waals surface area contributed by atoms with Crippen molar-refractivity contribution in [2.45, 2.75) is 94.1 Å². The van der Waals surface area contributed by atoms with E-state index in [1.54, 1.807) is 29.0 Å². The van der Waals surface area contributed by atoms with Gasteiger partial charge in [-0.2, -0.15) is 0 Å². The van der Waals surface area contributed by atoms with Gasteiger partial charge in [0.05, 0.1) is 36.6 Å². The molecule has 3 fully saturated rings. The molecule has 2 aromatic carbocycles. The van der Waals surface area contributed by atoms with Crippen LogP contribution in [0.1, 0.15) is 65.0 Å². The fraction of sp³-hybridized carbons (Fsp3) is 0.524. The lowest BCUT2D eigenvalue weighted by molar-refractivity contribution is -0.165. The van der Waals surface area contributed by atoms with Crippen LogP contribution in [-0.2, 0) is 28.7 Å². The molecule has 2 bridgehead atoms. The van der Waals surface area contributed by atoms with Crippen LogP contribution in [0.15, 0.2) is 79.9 Å². The second-order valence-electron chi connectivity index (χ2n) is 14.4. The van der Waals surface area contributed by atoms with Gasteiger partial charge in [-0.3, -0.25) is 19.2 Å². The molecular formula is C42H55BrN4O7. The molecule has 0 aliphatic carbocycles. The zero-order valence-corrected chi connectivity index (χ0v) is 33.7. The van der Waals surface area contributed by atoms with Gasteiger partial charge < -0.3 is 34.2 Å². The summed E-state index contributed by atoms with van der Waals surface area (Å²) in [6.45, 7) is 17.0. The van der Waals surface area contributed by atoms with Crippen molar-refractivity contribution >= 4 is 51.0 Å². The third-order valence-corrected chi connectivity index (χ3v) is 12.4. The Morgan fingerprint density at radius 2 is 1.70 bits per heavy atom. The van der Waals surface area contributed by atoms with Crippen molar-refractivity contribution in [3.63, 3.8) is 0 Å². The van der Waals surface area contributed by atoms with E-state index in [1.165, 1.54) is 4.90 Å². The lowest BCUT2D eigenvalue weighted by atomic mass is 9.70. The number of allylic oxidation sites excluding steroid dienone is 1. The maximum absolute atomic E-state index is 15.1. The molecule has 0 saturated carbocycles. The number of esters is 1. The Hall–Kier alpha value is -4.00. The van der Waals surface area contributed by atoms with Crippen molar-refractivity contribution < 1.29 is 33.8 Å². The SMILES string of the molecule is C=CCCC(=O)N(C)[C@H](C)[C@H](OC(=O)[C@@H]1[C@H]2O[C@@]3(CC2Br)[C@H](C(=O)N(CC=C)c2ccc(N(CC)CC)cc2)N([C@@H](CC)CO)C(=O)[C@@H]13)c1ccccc1. The van der Waals surface area contributed by atoms with Crippen LogP contribution in [0.4, 0.5) is 11.4 Å². The second kappa shape index (κ2) is 17.6. The predicted molar refractivity (Wildman–Crippen MR) is 213 cm³/mol.